The van der Waals surface area contributed by atoms with E-state index in [4.69, 9.17) is 5.73 Å². The smallest absolute Gasteiger partial charge is 0.274 e. The number of nitrogens with one attached hydrogen (secondary N) is 2. The van der Waals surface area contributed by atoms with Crippen molar-refractivity contribution in [2.24, 2.45) is 0 Å². The predicted octanol–water partition coefficient (Wildman–Crippen LogP) is 4.36. The first-order valence-corrected chi connectivity index (χ1v) is 10.4. The maximum atomic E-state index is 13.2. The number of rotatable bonds is 7. The quantitative estimate of drug-likeness (QED) is 0.393. The Kier molecular flexibility index (Phi) is 6.54. The lowest BCUT2D eigenvalue weighted by atomic mass is 10.1. The lowest BCUT2D eigenvalue weighted by molar-refractivity contribution is 0.0935. The molecule has 0 bridgehead atoms. The summed E-state index contributed by atoms with van der Waals surface area (Å²) >= 11 is 0. The first kappa shape index (κ1) is 21.9. The number of carbonyl (C=O) groups is 1. The number of hydrogen-bond donors (Lipinski definition) is 3. The summed E-state index contributed by atoms with van der Waals surface area (Å²) in [5.74, 6) is 0.174. The molecule has 2 aromatic carbocycles. The van der Waals surface area contributed by atoms with E-state index < -0.39 is 0 Å². The average Bonchev–Trinajstić information content (AvgIpc) is 2.84. The summed E-state index contributed by atoms with van der Waals surface area (Å²) in [6.07, 6.45) is 4.73. The maximum absolute atomic E-state index is 13.2. The minimum atomic E-state index is -0.367. The largest absolute Gasteiger partial charge is 0.384 e. The minimum Gasteiger partial charge on any atom is -0.384 e. The van der Waals surface area contributed by atoms with Crippen LogP contribution in [0.3, 0.4) is 0 Å². The Hall–Kier alpha value is -4.33. The fourth-order valence-corrected chi connectivity index (χ4v) is 3.31. The molecule has 8 heteroatoms. The molecule has 33 heavy (non-hydrogen) atoms. The van der Waals surface area contributed by atoms with Crippen LogP contribution in [0.1, 0.15) is 34.6 Å². The molecule has 1 unspecified atom stereocenters. The average molecular weight is 442 g/mol. The molecule has 7 nitrogen and oxygen atoms in total. The van der Waals surface area contributed by atoms with Gasteiger partial charge in [-0.05, 0) is 47.9 Å². The summed E-state index contributed by atoms with van der Waals surface area (Å²) in [6.45, 7) is 2.29. The molecule has 4 aromatic rings. The number of amides is 1. The Morgan fingerprint density at radius 2 is 1.64 bits per heavy atom. The van der Waals surface area contributed by atoms with E-state index in [0.29, 0.717) is 18.2 Å². The van der Waals surface area contributed by atoms with Gasteiger partial charge in [0.2, 0.25) is 0 Å². The lowest BCUT2D eigenvalue weighted by Gasteiger charge is -2.15. The minimum absolute atomic E-state index is 0.191. The van der Waals surface area contributed by atoms with Gasteiger partial charge in [-0.3, -0.25) is 4.79 Å². The molecule has 0 aliphatic rings. The van der Waals surface area contributed by atoms with Crippen molar-refractivity contribution in [1.29, 1.82) is 0 Å². The zero-order valence-corrected chi connectivity index (χ0v) is 18.0. The second-order valence-electron chi connectivity index (χ2n) is 7.52. The van der Waals surface area contributed by atoms with Gasteiger partial charge in [-0.25, -0.2) is 19.3 Å². The molecule has 1 amide bonds. The molecule has 4 N–H and O–H groups in total. The zero-order valence-electron chi connectivity index (χ0n) is 18.0. The van der Waals surface area contributed by atoms with Crippen molar-refractivity contribution in [2.45, 2.75) is 19.5 Å². The van der Waals surface area contributed by atoms with Crippen molar-refractivity contribution in [3.8, 4) is 11.1 Å². The number of benzene rings is 2. The Morgan fingerprint density at radius 3 is 2.33 bits per heavy atom. The van der Waals surface area contributed by atoms with Crippen LogP contribution in [0.15, 0.2) is 79.3 Å². The number of pyridine rings is 1. The number of nitrogens with zero attached hydrogens (tertiary/aromatic N) is 3. The monoisotopic (exact) mass is 442 g/mol. The van der Waals surface area contributed by atoms with E-state index in [0.717, 1.165) is 22.3 Å². The van der Waals surface area contributed by atoms with Gasteiger partial charge in [0, 0.05) is 30.7 Å². The second kappa shape index (κ2) is 9.86. The van der Waals surface area contributed by atoms with Crippen LogP contribution < -0.4 is 16.4 Å². The molecule has 0 saturated heterocycles. The molecule has 0 radical (unpaired) electrons. The highest BCUT2D eigenvalue weighted by molar-refractivity contribution is 5.96. The van der Waals surface area contributed by atoms with Crippen LogP contribution in [0.25, 0.3) is 11.1 Å². The number of anilines is 2. The van der Waals surface area contributed by atoms with Gasteiger partial charge in [0.05, 0.1) is 6.04 Å². The fraction of sp³-hybridized carbons (Fsp3) is 0.120. The molecular weight excluding hydrogens is 419 g/mol. The fourth-order valence-electron chi connectivity index (χ4n) is 3.31. The van der Waals surface area contributed by atoms with Gasteiger partial charge in [0.25, 0.3) is 5.91 Å². The van der Waals surface area contributed by atoms with E-state index in [1.807, 2.05) is 37.3 Å². The molecule has 166 valence electrons. The molecule has 0 saturated carbocycles. The van der Waals surface area contributed by atoms with Crippen LogP contribution in [0.4, 0.5) is 16.0 Å². The van der Waals surface area contributed by atoms with E-state index in [1.54, 1.807) is 24.4 Å². The van der Waals surface area contributed by atoms with Crippen LogP contribution in [0.2, 0.25) is 0 Å². The van der Waals surface area contributed by atoms with Gasteiger partial charge >= 0.3 is 0 Å². The highest BCUT2D eigenvalue weighted by Gasteiger charge is 2.17. The third-order valence-corrected chi connectivity index (χ3v) is 5.16. The van der Waals surface area contributed by atoms with Gasteiger partial charge in [-0.1, -0.05) is 36.4 Å². The molecule has 0 aliphatic heterocycles. The number of nitrogen functional groups attached to an aromatic ring is 1. The number of carbonyl (C=O) groups excluding carboxylic acids is 1. The summed E-state index contributed by atoms with van der Waals surface area (Å²) in [6, 6.07) is 17.4. The zero-order chi connectivity index (χ0) is 23.2. The molecule has 1 atom stereocenters. The Morgan fingerprint density at radius 1 is 0.939 bits per heavy atom. The number of aromatic nitrogens is 3. The van der Waals surface area contributed by atoms with Gasteiger partial charge < -0.3 is 16.4 Å². The third kappa shape index (κ3) is 5.48. The summed E-state index contributed by atoms with van der Waals surface area (Å²) in [7, 11) is 0. The standard InChI is InChI=1S/C25H23FN6O/c1-16(18-6-9-21(26)10-7-18)32-25(33)23-24(29-13-12-28-23)31-14-17-2-4-19(5-3-17)20-8-11-22(27)30-15-20/h2-13,15-16H,14H2,1H3,(H2,27,30)(H,29,31)(H,32,33). The highest BCUT2D eigenvalue weighted by atomic mass is 19.1. The molecule has 4 rings (SSSR count). The predicted molar refractivity (Wildman–Crippen MR) is 126 cm³/mol. The van der Waals surface area contributed by atoms with Crippen molar-refractivity contribution < 1.29 is 9.18 Å². The molecule has 0 fully saturated rings. The third-order valence-electron chi connectivity index (χ3n) is 5.16. The van der Waals surface area contributed by atoms with Crippen molar-refractivity contribution >= 4 is 17.5 Å². The summed E-state index contributed by atoms with van der Waals surface area (Å²) in [4.78, 5) is 25.4. The van der Waals surface area contributed by atoms with Crippen LogP contribution in [0, 0.1) is 5.82 Å². The first-order chi connectivity index (χ1) is 16.0. The van der Waals surface area contributed by atoms with Gasteiger partial charge in [-0.15, -0.1) is 0 Å². The van der Waals surface area contributed by atoms with Gasteiger partial charge in [0.1, 0.15) is 11.6 Å². The van der Waals surface area contributed by atoms with Crippen molar-refractivity contribution in [3.63, 3.8) is 0 Å². The highest BCUT2D eigenvalue weighted by Crippen LogP contribution is 2.20. The lowest BCUT2D eigenvalue weighted by Crippen LogP contribution is -2.28. The van der Waals surface area contributed by atoms with Gasteiger partial charge in [-0.2, -0.15) is 0 Å². The topological polar surface area (TPSA) is 106 Å². The van der Waals surface area contributed by atoms with E-state index >= 15 is 0 Å². The normalized spacial score (nSPS) is 11.6. The van der Waals surface area contributed by atoms with E-state index in [1.165, 1.54) is 24.5 Å². The van der Waals surface area contributed by atoms with E-state index in [9.17, 15) is 9.18 Å². The van der Waals surface area contributed by atoms with Crippen LogP contribution in [0.5, 0.6) is 0 Å². The molecule has 0 aliphatic carbocycles. The van der Waals surface area contributed by atoms with Crippen LogP contribution >= 0.6 is 0 Å². The SMILES string of the molecule is CC(NC(=O)c1nccnc1NCc1ccc(-c2ccc(N)nc2)cc1)c1ccc(F)cc1. The summed E-state index contributed by atoms with van der Waals surface area (Å²) in [5.41, 5.74) is 9.65. The Balaban J connectivity index is 1.41. The summed E-state index contributed by atoms with van der Waals surface area (Å²) in [5, 5.41) is 6.07. The number of halogens is 1. The van der Waals surface area contributed by atoms with Crippen LogP contribution in [-0.4, -0.2) is 20.9 Å². The summed E-state index contributed by atoms with van der Waals surface area (Å²) < 4.78 is 13.2. The van der Waals surface area contributed by atoms with E-state index in [2.05, 4.69) is 25.6 Å². The first-order valence-electron chi connectivity index (χ1n) is 10.4. The Bertz CT molecular complexity index is 1230. The molecule has 2 aromatic heterocycles. The van der Waals surface area contributed by atoms with Crippen molar-refractivity contribution in [1.82, 2.24) is 20.3 Å². The molecular formula is C25H23FN6O. The number of nitrogens with two attached hydrogens (primary N) is 1. The Labute approximate surface area is 190 Å². The van der Waals surface area contributed by atoms with Crippen LogP contribution in [-0.2, 0) is 6.54 Å². The van der Waals surface area contributed by atoms with Gasteiger partial charge in [0.15, 0.2) is 11.5 Å². The number of hydrogen-bond acceptors (Lipinski definition) is 6. The van der Waals surface area contributed by atoms with Crippen molar-refractivity contribution in [3.05, 3.63) is 102 Å². The van der Waals surface area contributed by atoms with Crippen molar-refractivity contribution in [2.75, 3.05) is 11.1 Å². The molecule has 0 spiro atoms. The van der Waals surface area contributed by atoms with E-state index in [-0.39, 0.29) is 23.5 Å². The molecule has 2 heterocycles. The maximum Gasteiger partial charge on any atom is 0.274 e. The second-order valence-corrected chi connectivity index (χ2v) is 7.52.